The number of ether oxygens (including phenoxy) is 1. The molecule has 0 aliphatic rings. The Balaban J connectivity index is 2.05. The number of halogens is 1. The molecule has 6 nitrogen and oxygen atoms in total. The number of carbonyl (C=O) groups is 1. The van der Waals surface area contributed by atoms with Crippen LogP contribution in [0.25, 0.3) is 0 Å². The van der Waals surface area contributed by atoms with E-state index >= 15 is 0 Å². The summed E-state index contributed by atoms with van der Waals surface area (Å²) in [6, 6.07) is 6.77. The second kappa shape index (κ2) is 7.97. The van der Waals surface area contributed by atoms with E-state index in [-0.39, 0.29) is 5.91 Å². The van der Waals surface area contributed by atoms with Crippen LogP contribution in [-0.4, -0.2) is 29.0 Å². The van der Waals surface area contributed by atoms with Gasteiger partial charge in [0.05, 0.1) is 24.6 Å². The smallest absolute Gasteiger partial charge is 0.271 e. The first-order valence-electron chi connectivity index (χ1n) is 7.62. The monoisotopic (exact) mass is 348 g/mol. The molecule has 128 valence electrons. The number of methoxy groups -OCH3 is 1. The van der Waals surface area contributed by atoms with Crippen LogP contribution in [0.5, 0.6) is 5.75 Å². The Kier molecular flexibility index (Phi) is 5.98. The lowest BCUT2D eigenvalue weighted by Crippen LogP contribution is -2.17. The van der Waals surface area contributed by atoms with Gasteiger partial charge in [0.2, 0.25) is 0 Å². The van der Waals surface area contributed by atoms with E-state index in [1.54, 1.807) is 36.1 Å². The van der Waals surface area contributed by atoms with E-state index in [1.807, 2.05) is 6.92 Å². The highest BCUT2D eigenvalue weighted by atomic mass is 35.5. The Hall–Kier alpha value is -2.34. The van der Waals surface area contributed by atoms with E-state index in [2.05, 4.69) is 29.5 Å². The van der Waals surface area contributed by atoms with E-state index < -0.39 is 0 Å². The fraction of sp³-hybridized carbons (Fsp3) is 0.353. The first kappa shape index (κ1) is 18.0. The molecule has 0 radical (unpaired) electrons. The van der Waals surface area contributed by atoms with Crippen molar-refractivity contribution in [1.82, 2.24) is 15.2 Å². The van der Waals surface area contributed by atoms with Crippen LogP contribution in [0.4, 0.5) is 0 Å². The highest BCUT2D eigenvalue weighted by molar-refractivity contribution is 6.32. The van der Waals surface area contributed by atoms with Gasteiger partial charge in [-0.15, -0.1) is 0 Å². The summed E-state index contributed by atoms with van der Waals surface area (Å²) < 4.78 is 6.80. The van der Waals surface area contributed by atoms with E-state index in [0.717, 1.165) is 12.2 Å². The van der Waals surface area contributed by atoms with Gasteiger partial charge in [-0.1, -0.05) is 25.4 Å². The van der Waals surface area contributed by atoms with Crippen LogP contribution in [0.15, 0.2) is 29.4 Å². The third-order valence-electron chi connectivity index (χ3n) is 3.36. The van der Waals surface area contributed by atoms with Crippen LogP contribution < -0.4 is 10.2 Å². The van der Waals surface area contributed by atoms with Gasteiger partial charge in [-0.25, -0.2) is 5.43 Å². The second-order valence-corrected chi connectivity index (χ2v) is 6.15. The number of carbonyl (C=O) groups excluding carboxylic acids is 1. The first-order chi connectivity index (χ1) is 11.4. The Labute approximate surface area is 146 Å². The highest BCUT2D eigenvalue weighted by Crippen LogP contribution is 2.19. The van der Waals surface area contributed by atoms with Crippen molar-refractivity contribution in [3.05, 3.63) is 46.2 Å². The van der Waals surface area contributed by atoms with Crippen molar-refractivity contribution in [3.63, 3.8) is 0 Å². The molecule has 0 aliphatic carbocycles. The van der Waals surface area contributed by atoms with Gasteiger partial charge >= 0.3 is 0 Å². The predicted molar refractivity (Wildman–Crippen MR) is 94.9 cm³/mol. The van der Waals surface area contributed by atoms with E-state index in [4.69, 9.17) is 16.3 Å². The number of hydrogen-bond donors (Lipinski definition) is 1. The number of aromatic nitrogens is 2. The first-order valence-corrected chi connectivity index (χ1v) is 8.00. The van der Waals surface area contributed by atoms with Gasteiger partial charge in [0.25, 0.3) is 5.91 Å². The van der Waals surface area contributed by atoms with Crippen molar-refractivity contribution in [1.29, 1.82) is 0 Å². The molecule has 1 N–H and O–H groups in total. The number of nitrogens with one attached hydrogen (secondary N) is 1. The number of nitrogens with zero attached hydrogens (tertiary/aromatic N) is 3. The number of aryl methyl sites for hydroxylation is 1. The topological polar surface area (TPSA) is 68.5 Å². The highest BCUT2D eigenvalue weighted by Gasteiger charge is 2.12. The largest absolute Gasteiger partial charge is 0.497 e. The van der Waals surface area contributed by atoms with Crippen molar-refractivity contribution in [2.24, 2.45) is 11.0 Å². The molecule has 1 heterocycles. The second-order valence-electron chi connectivity index (χ2n) is 5.79. The molecule has 1 aromatic heterocycles. The summed E-state index contributed by atoms with van der Waals surface area (Å²) in [7, 11) is 1.57. The lowest BCUT2D eigenvalue weighted by atomic mass is 10.2. The molecule has 2 aromatic rings. The molecule has 0 fully saturated rings. The quantitative estimate of drug-likeness (QED) is 0.643. The Morgan fingerprint density at radius 3 is 2.67 bits per heavy atom. The summed E-state index contributed by atoms with van der Waals surface area (Å²) >= 11 is 6.32. The summed E-state index contributed by atoms with van der Waals surface area (Å²) in [5.74, 6) is 0.814. The molecular weight excluding hydrogens is 328 g/mol. The standard InChI is InChI=1S/C17H21ClN4O2/c1-11(2)10-22-16(18)15(12(3)21-22)9-19-20-17(23)13-5-7-14(24-4)8-6-13/h5-9,11H,10H2,1-4H3,(H,20,23)/b19-9-. The molecule has 0 atom stereocenters. The molecule has 0 unspecified atom stereocenters. The summed E-state index contributed by atoms with van der Waals surface area (Å²) in [6.45, 7) is 6.77. The van der Waals surface area contributed by atoms with Crippen molar-refractivity contribution in [2.75, 3.05) is 7.11 Å². The lowest BCUT2D eigenvalue weighted by Gasteiger charge is -2.05. The molecule has 0 aliphatic heterocycles. The Morgan fingerprint density at radius 1 is 1.42 bits per heavy atom. The normalized spacial score (nSPS) is 11.2. The minimum Gasteiger partial charge on any atom is -0.497 e. The van der Waals surface area contributed by atoms with Crippen molar-refractivity contribution in [3.8, 4) is 5.75 Å². The van der Waals surface area contributed by atoms with Gasteiger partial charge in [0.1, 0.15) is 10.9 Å². The fourth-order valence-corrected chi connectivity index (χ4v) is 2.44. The zero-order valence-corrected chi connectivity index (χ0v) is 15.0. The zero-order chi connectivity index (χ0) is 17.7. The third-order valence-corrected chi connectivity index (χ3v) is 3.76. The minimum absolute atomic E-state index is 0.308. The molecule has 24 heavy (non-hydrogen) atoms. The number of benzene rings is 1. The van der Waals surface area contributed by atoms with E-state index in [0.29, 0.717) is 27.9 Å². The maximum atomic E-state index is 12.0. The van der Waals surface area contributed by atoms with Crippen LogP contribution >= 0.6 is 11.6 Å². The number of amides is 1. The van der Waals surface area contributed by atoms with Crippen LogP contribution in [0.2, 0.25) is 5.15 Å². The molecule has 0 saturated heterocycles. The fourth-order valence-electron chi connectivity index (χ4n) is 2.14. The van der Waals surface area contributed by atoms with E-state index in [9.17, 15) is 4.79 Å². The Bertz CT molecular complexity index is 736. The predicted octanol–water partition coefficient (Wildman–Crippen LogP) is 3.27. The van der Waals surface area contributed by atoms with Crippen LogP contribution in [0, 0.1) is 12.8 Å². The average Bonchev–Trinajstić information content (AvgIpc) is 2.81. The van der Waals surface area contributed by atoms with Gasteiger partial charge in [0.15, 0.2) is 0 Å². The van der Waals surface area contributed by atoms with Crippen molar-refractivity contribution < 1.29 is 9.53 Å². The van der Waals surface area contributed by atoms with Crippen LogP contribution in [0.3, 0.4) is 0 Å². The van der Waals surface area contributed by atoms with Gasteiger partial charge < -0.3 is 4.74 Å². The minimum atomic E-state index is -0.308. The van der Waals surface area contributed by atoms with Gasteiger partial charge in [-0.05, 0) is 37.1 Å². The molecule has 1 aromatic carbocycles. The summed E-state index contributed by atoms with van der Waals surface area (Å²) in [4.78, 5) is 12.0. The maximum Gasteiger partial charge on any atom is 0.271 e. The van der Waals surface area contributed by atoms with Gasteiger partial charge in [-0.2, -0.15) is 10.2 Å². The van der Waals surface area contributed by atoms with Crippen LogP contribution in [0.1, 0.15) is 35.5 Å². The molecule has 1 amide bonds. The Morgan fingerprint density at radius 2 is 2.08 bits per heavy atom. The van der Waals surface area contributed by atoms with Gasteiger partial charge in [0, 0.05) is 12.1 Å². The molecule has 0 bridgehead atoms. The summed E-state index contributed by atoms with van der Waals surface area (Å²) in [6.07, 6.45) is 1.52. The summed E-state index contributed by atoms with van der Waals surface area (Å²) in [5.41, 5.74) is 4.44. The number of hydrogen-bond acceptors (Lipinski definition) is 4. The molecule has 0 saturated carbocycles. The van der Waals surface area contributed by atoms with Gasteiger partial charge in [-0.3, -0.25) is 9.48 Å². The molecule has 7 heteroatoms. The average molecular weight is 349 g/mol. The molecular formula is C17H21ClN4O2. The van der Waals surface area contributed by atoms with Crippen molar-refractivity contribution in [2.45, 2.75) is 27.3 Å². The maximum absolute atomic E-state index is 12.0. The molecule has 0 spiro atoms. The van der Waals surface area contributed by atoms with Crippen molar-refractivity contribution >= 4 is 23.7 Å². The number of hydrazone groups is 1. The SMILES string of the molecule is COc1ccc(C(=O)N/N=C\c2c(C)nn(CC(C)C)c2Cl)cc1. The molecule has 2 rings (SSSR count). The summed E-state index contributed by atoms with van der Waals surface area (Å²) in [5, 5.41) is 8.89. The van der Waals surface area contributed by atoms with E-state index in [1.165, 1.54) is 6.21 Å². The third kappa shape index (κ3) is 4.35. The lowest BCUT2D eigenvalue weighted by molar-refractivity contribution is 0.0955. The zero-order valence-electron chi connectivity index (χ0n) is 14.2. The van der Waals surface area contributed by atoms with Crippen LogP contribution in [-0.2, 0) is 6.54 Å². The number of rotatable bonds is 6.